The molecule has 2 aromatic carbocycles. The van der Waals surface area contributed by atoms with E-state index >= 15 is 0 Å². The number of unbranched alkanes of at least 4 members (excludes halogenated alkanes) is 2. The maximum absolute atomic E-state index is 14.2. The van der Waals surface area contributed by atoms with Gasteiger partial charge in [-0.15, -0.1) is 0 Å². The fourth-order valence-electron chi connectivity index (χ4n) is 2.49. The molecule has 9 heteroatoms. The molecular weight excluding hydrogens is 375 g/mol. The molecule has 0 bridgehead atoms. The van der Waals surface area contributed by atoms with Gasteiger partial charge >= 0.3 is 0 Å². The van der Waals surface area contributed by atoms with E-state index in [0.29, 0.717) is 12.8 Å². The molecule has 0 radical (unpaired) electrons. The van der Waals surface area contributed by atoms with E-state index in [0.717, 1.165) is 0 Å². The largest absolute Gasteiger partial charge is 0.203 e. The van der Waals surface area contributed by atoms with Crippen molar-refractivity contribution in [2.75, 3.05) is 0 Å². The van der Waals surface area contributed by atoms with Gasteiger partial charge in [0, 0.05) is 5.56 Å². The van der Waals surface area contributed by atoms with Crippen molar-refractivity contribution in [2.45, 2.75) is 32.6 Å². The molecule has 0 aliphatic rings. The third kappa shape index (κ3) is 3.14. The minimum absolute atomic E-state index is 0.172. The first kappa shape index (κ1) is 20.1. The van der Waals surface area contributed by atoms with E-state index in [1.807, 2.05) is 0 Å². The van der Waals surface area contributed by atoms with Gasteiger partial charge < -0.3 is 0 Å². The van der Waals surface area contributed by atoms with E-state index in [1.54, 1.807) is 6.92 Å². The summed E-state index contributed by atoms with van der Waals surface area (Å²) in [5.41, 5.74) is -5.07. The molecule has 0 atom stereocenters. The first-order chi connectivity index (χ1) is 12.1. The predicted octanol–water partition coefficient (Wildman–Crippen LogP) is 6.34. The molecule has 2 aromatic rings. The molecule has 0 saturated heterocycles. The van der Waals surface area contributed by atoms with Crippen LogP contribution < -0.4 is 0 Å². The zero-order valence-corrected chi connectivity index (χ0v) is 13.2. The zero-order chi connectivity index (χ0) is 19.8. The molecule has 0 N–H and O–H groups in total. The number of hydrogen-bond acceptors (Lipinski definition) is 0. The summed E-state index contributed by atoms with van der Waals surface area (Å²) in [7, 11) is 0. The maximum atomic E-state index is 14.2. The van der Waals surface area contributed by atoms with Crippen molar-refractivity contribution in [1.29, 1.82) is 0 Å². The van der Waals surface area contributed by atoms with Gasteiger partial charge in [0.05, 0.1) is 11.1 Å². The third-order valence-corrected chi connectivity index (χ3v) is 3.84. The van der Waals surface area contributed by atoms with Gasteiger partial charge in [0.15, 0.2) is 46.5 Å². The van der Waals surface area contributed by atoms with E-state index in [2.05, 4.69) is 0 Å². The summed E-state index contributed by atoms with van der Waals surface area (Å²) in [6.45, 7) is 1.76. The summed E-state index contributed by atoms with van der Waals surface area (Å²) in [4.78, 5) is 0. The lowest BCUT2D eigenvalue weighted by molar-refractivity contribution is 0.379. The van der Waals surface area contributed by atoms with Crippen molar-refractivity contribution in [2.24, 2.45) is 0 Å². The van der Waals surface area contributed by atoms with Crippen LogP contribution in [0.15, 0.2) is 0 Å². The van der Waals surface area contributed by atoms with Gasteiger partial charge in [-0.3, -0.25) is 0 Å². The fourth-order valence-corrected chi connectivity index (χ4v) is 2.49. The van der Waals surface area contributed by atoms with Crippen LogP contribution in [0.4, 0.5) is 39.5 Å². The molecule has 0 spiro atoms. The number of halogens is 9. The second kappa shape index (κ2) is 7.59. The van der Waals surface area contributed by atoms with Gasteiger partial charge in [0.2, 0.25) is 5.82 Å². The highest BCUT2D eigenvalue weighted by atomic mass is 19.2. The van der Waals surface area contributed by atoms with Gasteiger partial charge in [-0.1, -0.05) is 19.8 Å². The maximum Gasteiger partial charge on any atom is 0.200 e. The van der Waals surface area contributed by atoms with Crippen LogP contribution in [0.2, 0.25) is 0 Å². The van der Waals surface area contributed by atoms with Crippen LogP contribution in [0, 0.1) is 52.4 Å². The second-order valence-electron chi connectivity index (χ2n) is 5.51. The second-order valence-corrected chi connectivity index (χ2v) is 5.51. The van der Waals surface area contributed by atoms with Gasteiger partial charge in [-0.2, -0.15) is 0 Å². The van der Waals surface area contributed by atoms with Gasteiger partial charge in [0.1, 0.15) is 0 Å². The smallest absolute Gasteiger partial charge is 0.200 e. The van der Waals surface area contributed by atoms with Crippen LogP contribution in [-0.4, -0.2) is 0 Å². The highest BCUT2D eigenvalue weighted by Crippen LogP contribution is 2.38. The quantitative estimate of drug-likeness (QED) is 0.244. The monoisotopic (exact) mass is 386 g/mol. The van der Waals surface area contributed by atoms with Crippen LogP contribution in [0.1, 0.15) is 31.7 Å². The predicted molar refractivity (Wildman–Crippen MR) is 74.7 cm³/mol. The molecule has 0 nitrogen and oxygen atoms in total. The Kier molecular flexibility index (Phi) is 5.87. The van der Waals surface area contributed by atoms with E-state index in [1.165, 1.54) is 0 Å². The summed E-state index contributed by atoms with van der Waals surface area (Å²) >= 11 is 0. The SMILES string of the molecule is CCCCCc1c(F)c(F)c(-c2c(F)c(F)c(F)c(F)c2F)c(F)c1F. The lowest BCUT2D eigenvalue weighted by atomic mass is 9.97. The molecule has 2 rings (SSSR count). The Hall–Kier alpha value is -2.19. The lowest BCUT2D eigenvalue weighted by Crippen LogP contribution is -2.11. The van der Waals surface area contributed by atoms with E-state index in [4.69, 9.17) is 0 Å². The molecule has 0 unspecified atom stereocenters. The molecule has 0 heterocycles. The van der Waals surface area contributed by atoms with E-state index in [9.17, 15) is 39.5 Å². The molecule has 0 aromatic heterocycles. The van der Waals surface area contributed by atoms with Crippen LogP contribution in [0.5, 0.6) is 0 Å². The Morgan fingerprint density at radius 3 is 1.19 bits per heavy atom. The van der Waals surface area contributed by atoms with Crippen molar-refractivity contribution >= 4 is 0 Å². The highest BCUT2D eigenvalue weighted by molar-refractivity contribution is 5.67. The van der Waals surface area contributed by atoms with E-state index < -0.39 is 75.5 Å². The standard InChI is InChI=1S/C17H11F9/c1-2-3-4-5-6-9(18)11(20)7(12(21)10(6)19)8-13(22)15(24)17(26)16(25)14(8)23/h2-5H2,1H3. The summed E-state index contributed by atoms with van der Waals surface area (Å²) in [5, 5.41) is 0. The molecule has 0 saturated carbocycles. The average molecular weight is 386 g/mol. The topological polar surface area (TPSA) is 0 Å². The summed E-state index contributed by atoms with van der Waals surface area (Å²) < 4.78 is 124. The lowest BCUT2D eigenvalue weighted by Gasteiger charge is -2.14. The number of hydrogen-bond donors (Lipinski definition) is 0. The molecule has 26 heavy (non-hydrogen) atoms. The molecular formula is C17H11F9. The highest BCUT2D eigenvalue weighted by Gasteiger charge is 2.34. The number of benzene rings is 2. The van der Waals surface area contributed by atoms with Gasteiger partial charge in [-0.05, 0) is 12.8 Å². The Labute approximate surface area is 142 Å². The fraction of sp³-hybridized carbons (Fsp3) is 0.294. The summed E-state index contributed by atoms with van der Waals surface area (Å²) in [6, 6.07) is 0. The summed E-state index contributed by atoms with van der Waals surface area (Å²) in [5.74, 6) is -21.1. The van der Waals surface area contributed by atoms with Crippen LogP contribution in [-0.2, 0) is 6.42 Å². The van der Waals surface area contributed by atoms with Gasteiger partial charge in [-0.25, -0.2) is 39.5 Å². The van der Waals surface area contributed by atoms with Crippen molar-refractivity contribution in [3.63, 3.8) is 0 Å². The van der Waals surface area contributed by atoms with Crippen LogP contribution in [0.25, 0.3) is 11.1 Å². The molecule has 0 fully saturated rings. The van der Waals surface area contributed by atoms with Crippen LogP contribution >= 0.6 is 0 Å². The normalized spacial score (nSPS) is 11.3. The van der Waals surface area contributed by atoms with Crippen molar-refractivity contribution in [1.82, 2.24) is 0 Å². The van der Waals surface area contributed by atoms with Crippen molar-refractivity contribution in [3.05, 3.63) is 57.9 Å². The van der Waals surface area contributed by atoms with Crippen molar-refractivity contribution in [3.8, 4) is 11.1 Å². The van der Waals surface area contributed by atoms with Gasteiger partial charge in [0.25, 0.3) is 0 Å². The molecule has 0 aliphatic heterocycles. The van der Waals surface area contributed by atoms with Crippen molar-refractivity contribution < 1.29 is 39.5 Å². The minimum Gasteiger partial charge on any atom is -0.203 e. The van der Waals surface area contributed by atoms with Crippen LogP contribution in [0.3, 0.4) is 0 Å². The Balaban J connectivity index is 2.78. The minimum atomic E-state index is -2.58. The Bertz CT molecular complexity index is 800. The van der Waals surface area contributed by atoms with E-state index in [-0.39, 0.29) is 6.42 Å². The zero-order valence-electron chi connectivity index (χ0n) is 13.2. The Morgan fingerprint density at radius 1 is 0.462 bits per heavy atom. The molecule has 0 amide bonds. The number of rotatable bonds is 5. The average Bonchev–Trinajstić information content (AvgIpc) is 2.62. The first-order valence-corrected chi connectivity index (χ1v) is 7.51. The molecule has 142 valence electrons. The summed E-state index contributed by atoms with van der Waals surface area (Å²) in [6.07, 6.45) is 0.889. The first-order valence-electron chi connectivity index (χ1n) is 7.51. The molecule has 0 aliphatic carbocycles. The Morgan fingerprint density at radius 2 is 0.808 bits per heavy atom. The third-order valence-electron chi connectivity index (χ3n) is 3.84.